The van der Waals surface area contributed by atoms with Crippen molar-refractivity contribution < 1.29 is 14.3 Å². The Morgan fingerprint density at radius 3 is 2.53 bits per heavy atom. The van der Waals surface area contributed by atoms with Crippen LogP contribution < -0.4 is 10.1 Å². The summed E-state index contributed by atoms with van der Waals surface area (Å²) in [5.41, 5.74) is 2.34. The number of hydrogen-bond donors (Lipinski definition) is 1. The molecule has 2 aromatic rings. The van der Waals surface area contributed by atoms with Gasteiger partial charge in [0.25, 0.3) is 5.91 Å². The predicted molar refractivity (Wildman–Crippen MR) is 117 cm³/mol. The zero-order valence-electron chi connectivity index (χ0n) is 17.2. The number of ether oxygens (including phenoxy) is 1. The van der Waals surface area contributed by atoms with E-state index >= 15 is 0 Å². The second-order valence-electron chi connectivity index (χ2n) is 7.93. The van der Waals surface area contributed by atoms with Crippen LogP contribution in [0.25, 0.3) is 0 Å². The van der Waals surface area contributed by atoms with Crippen molar-refractivity contribution >= 4 is 29.1 Å². The van der Waals surface area contributed by atoms with Crippen LogP contribution in [0.15, 0.2) is 42.5 Å². The van der Waals surface area contributed by atoms with Crippen molar-refractivity contribution in [3.8, 4) is 5.75 Å². The monoisotopic (exact) mass is 427 g/mol. The van der Waals surface area contributed by atoms with Crippen molar-refractivity contribution in [3.05, 3.63) is 58.6 Å². The quantitative estimate of drug-likeness (QED) is 0.809. The molecular formula is C23H26ClN3O3. The van der Waals surface area contributed by atoms with E-state index in [2.05, 4.69) is 12.2 Å². The number of rotatable bonds is 4. The van der Waals surface area contributed by atoms with E-state index < -0.39 is 0 Å². The van der Waals surface area contributed by atoms with Crippen LogP contribution in [0.2, 0.25) is 5.02 Å². The van der Waals surface area contributed by atoms with Gasteiger partial charge in [-0.15, -0.1) is 0 Å². The Kier molecular flexibility index (Phi) is 5.97. The highest BCUT2D eigenvalue weighted by atomic mass is 35.5. The summed E-state index contributed by atoms with van der Waals surface area (Å²) in [6.07, 6.45) is 0.0717. The van der Waals surface area contributed by atoms with Gasteiger partial charge in [0.15, 0.2) is 0 Å². The van der Waals surface area contributed by atoms with Crippen molar-refractivity contribution in [2.24, 2.45) is 0 Å². The van der Waals surface area contributed by atoms with Gasteiger partial charge < -0.3 is 15.0 Å². The fourth-order valence-corrected chi connectivity index (χ4v) is 4.17. The van der Waals surface area contributed by atoms with E-state index in [1.54, 1.807) is 12.1 Å². The first kappa shape index (κ1) is 20.7. The van der Waals surface area contributed by atoms with Crippen LogP contribution in [-0.4, -0.2) is 60.4 Å². The average molecular weight is 428 g/mol. The molecule has 2 amide bonds. The van der Waals surface area contributed by atoms with Gasteiger partial charge >= 0.3 is 0 Å². The Morgan fingerprint density at radius 2 is 1.80 bits per heavy atom. The third kappa shape index (κ3) is 4.16. The number of hydrogen-bond acceptors (Lipinski definition) is 4. The number of nitrogens with zero attached hydrogens (tertiary/aromatic N) is 2. The lowest BCUT2D eigenvalue weighted by Gasteiger charge is -2.34. The largest absolute Gasteiger partial charge is 0.489 e. The Labute approximate surface area is 181 Å². The number of carbonyl (C=O) groups excluding carboxylic acids is 2. The number of nitrogens with one attached hydrogen (secondary N) is 1. The number of anilines is 1. The molecule has 0 radical (unpaired) electrons. The lowest BCUT2D eigenvalue weighted by atomic mass is 9.96. The third-order valence-electron chi connectivity index (χ3n) is 5.95. The first-order chi connectivity index (χ1) is 14.4. The molecule has 2 aromatic carbocycles. The van der Waals surface area contributed by atoms with Crippen LogP contribution in [0.3, 0.4) is 0 Å². The number of piperazine rings is 1. The van der Waals surface area contributed by atoms with Gasteiger partial charge in [-0.25, -0.2) is 0 Å². The van der Waals surface area contributed by atoms with Crippen LogP contribution >= 0.6 is 11.6 Å². The summed E-state index contributed by atoms with van der Waals surface area (Å²) >= 11 is 6.10. The Hall–Kier alpha value is -2.57. The number of fused-ring (bicyclic) bond motifs is 1. The molecule has 7 heteroatoms. The fourth-order valence-electron chi connectivity index (χ4n) is 3.99. The molecule has 2 aliphatic rings. The molecule has 0 saturated carbocycles. The van der Waals surface area contributed by atoms with Crippen LogP contribution in [0.4, 0.5) is 5.69 Å². The second kappa shape index (κ2) is 8.66. The standard InChI is InChI=1S/C23H26ClN3O3/c1-15-16(2)30-22-17(15)6-5-7-18(22)23(29)27-12-10-26(11-13-27)14-21(28)25-20-9-4-3-8-19(20)24/h3-9,15-16H,10-14H2,1-2H3,(H,25,28)/t15-,16-/m1/s1. The number of amides is 2. The molecule has 158 valence electrons. The molecule has 30 heavy (non-hydrogen) atoms. The van der Waals surface area contributed by atoms with Gasteiger partial charge in [-0.05, 0) is 25.1 Å². The van der Waals surface area contributed by atoms with E-state index in [-0.39, 0.29) is 30.4 Å². The molecular weight excluding hydrogens is 402 g/mol. The fraction of sp³-hybridized carbons (Fsp3) is 0.391. The van der Waals surface area contributed by atoms with Crippen LogP contribution in [0, 0.1) is 0 Å². The zero-order valence-corrected chi connectivity index (χ0v) is 18.0. The lowest BCUT2D eigenvalue weighted by Crippen LogP contribution is -2.50. The minimum Gasteiger partial charge on any atom is -0.489 e. The highest BCUT2D eigenvalue weighted by Gasteiger charge is 2.33. The van der Waals surface area contributed by atoms with E-state index in [0.29, 0.717) is 42.5 Å². The van der Waals surface area contributed by atoms with Gasteiger partial charge in [-0.1, -0.05) is 42.8 Å². The summed E-state index contributed by atoms with van der Waals surface area (Å²) in [6, 6.07) is 13.0. The van der Waals surface area contributed by atoms with Gasteiger partial charge in [-0.3, -0.25) is 14.5 Å². The zero-order chi connectivity index (χ0) is 21.3. The summed E-state index contributed by atoms with van der Waals surface area (Å²) in [4.78, 5) is 29.4. The average Bonchev–Trinajstić information content (AvgIpc) is 3.04. The first-order valence-corrected chi connectivity index (χ1v) is 10.7. The van der Waals surface area contributed by atoms with Crippen molar-refractivity contribution in [2.45, 2.75) is 25.9 Å². The van der Waals surface area contributed by atoms with Crippen LogP contribution in [0.1, 0.15) is 35.7 Å². The Morgan fingerprint density at radius 1 is 1.07 bits per heavy atom. The number of para-hydroxylation sites is 2. The minimum atomic E-state index is -0.111. The predicted octanol–water partition coefficient (Wildman–Crippen LogP) is 3.62. The third-order valence-corrected chi connectivity index (χ3v) is 6.28. The maximum Gasteiger partial charge on any atom is 0.257 e. The molecule has 0 unspecified atom stereocenters. The molecule has 0 aromatic heterocycles. The molecule has 2 heterocycles. The lowest BCUT2D eigenvalue weighted by molar-refractivity contribution is -0.117. The summed E-state index contributed by atoms with van der Waals surface area (Å²) < 4.78 is 5.98. The van der Waals surface area contributed by atoms with E-state index in [4.69, 9.17) is 16.3 Å². The molecule has 2 aliphatic heterocycles. The van der Waals surface area contributed by atoms with Crippen molar-refractivity contribution in [1.29, 1.82) is 0 Å². The molecule has 1 N–H and O–H groups in total. The van der Waals surface area contributed by atoms with E-state index in [1.807, 2.05) is 47.1 Å². The number of benzene rings is 2. The highest BCUT2D eigenvalue weighted by molar-refractivity contribution is 6.33. The maximum atomic E-state index is 13.1. The van der Waals surface area contributed by atoms with Gasteiger partial charge in [0.1, 0.15) is 11.9 Å². The van der Waals surface area contributed by atoms with Gasteiger partial charge in [-0.2, -0.15) is 0 Å². The van der Waals surface area contributed by atoms with Gasteiger partial charge in [0.2, 0.25) is 5.91 Å². The smallest absolute Gasteiger partial charge is 0.257 e. The SMILES string of the molecule is C[C@H]1Oc2c(C(=O)N3CCN(CC(=O)Nc4ccccc4Cl)CC3)cccc2[C@@H]1C. The molecule has 1 saturated heterocycles. The van der Waals surface area contributed by atoms with Crippen LogP contribution in [0.5, 0.6) is 5.75 Å². The summed E-state index contributed by atoms with van der Waals surface area (Å²) in [7, 11) is 0. The second-order valence-corrected chi connectivity index (χ2v) is 8.34. The Bertz CT molecular complexity index is 956. The minimum absolute atomic E-state index is 0.00619. The normalized spacial score (nSPS) is 21.1. The van der Waals surface area contributed by atoms with E-state index in [0.717, 1.165) is 11.3 Å². The summed E-state index contributed by atoms with van der Waals surface area (Å²) in [5.74, 6) is 0.888. The summed E-state index contributed by atoms with van der Waals surface area (Å²) in [5, 5.41) is 3.36. The molecule has 2 atom stereocenters. The molecule has 0 bridgehead atoms. The van der Waals surface area contributed by atoms with Crippen molar-refractivity contribution in [1.82, 2.24) is 9.80 Å². The first-order valence-electron chi connectivity index (χ1n) is 10.3. The topological polar surface area (TPSA) is 61.9 Å². The van der Waals surface area contributed by atoms with Crippen molar-refractivity contribution in [3.63, 3.8) is 0 Å². The Balaban J connectivity index is 1.34. The van der Waals surface area contributed by atoms with Gasteiger partial charge in [0.05, 0.1) is 22.8 Å². The van der Waals surface area contributed by atoms with Crippen molar-refractivity contribution in [2.75, 3.05) is 38.0 Å². The number of halogens is 1. The number of carbonyl (C=O) groups is 2. The van der Waals surface area contributed by atoms with E-state index in [1.165, 1.54) is 0 Å². The molecule has 0 aliphatic carbocycles. The summed E-state index contributed by atoms with van der Waals surface area (Å²) in [6.45, 7) is 6.86. The molecule has 0 spiro atoms. The van der Waals surface area contributed by atoms with Crippen LogP contribution in [-0.2, 0) is 4.79 Å². The molecule has 4 rings (SSSR count). The van der Waals surface area contributed by atoms with E-state index in [9.17, 15) is 9.59 Å². The molecule has 6 nitrogen and oxygen atoms in total. The highest BCUT2D eigenvalue weighted by Crippen LogP contribution is 2.40. The maximum absolute atomic E-state index is 13.1. The van der Waals surface area contributed by atoms with Gasteiger partial charge in [0, 0.05) is 37.7 Å². The molecule has 1 fully saturated rings.